The molecule has 0 heterocycles. The van der Waals surface area contributed by atoms with Crippen LogP contribution >= 0.6 is 0 Å². The van der Waals surface area contributed by atoms with Crippen molar-refractivity contribution in [2.24, 2.45) is 28.6 Å². The number of rotatable bonds is 8. The summed E-state index contributed by atoms with van der Waals surface area (Å²) in [5.74, 6) is 2.61. The molecule has 3 aliphatic rings. The molecular weight excluding hydrogens is 356 g/mol. The van der Waals surface area contributed by atoms with Gasteiger partial charge in [0, 0.05) is 0 Å². The molecule has 0 aromatic heterocycles. The molecule has 0 amide bonds. The van der Waals surface area contributed by atoms with E-state index in [2.05, 4.69) is 33.9 Å². The van der Waals surface area contributed by atoms with Crippen LogP contribution in [0.15, 0.2) is 25.3 Å². The number of hydrogen-bond acceptors (Lipinski definition) is 2. The predicted molar refractivity (Wildman–Crippen MR) is 123 cm³/mol. The van der Waals surface area contributed by atoms with E-state index in [1.807, 2.05) is 12.2 Å². The Morgan fingerprint density at radius 1 is 0.759 bits per heavy atom. The average Bonchev–Trinajstić information content (AvgIpc) is 2.70. The fourth-order valence-corrected chi connectivity index (χ4v) is 7.67. The van der Waals surface area contributed by atoms with Crippen molar-refractivity contribution in [3.8, 4) is 0 Å². The summed E-state index contributed by atoms with van der Waals surface area (Å²) in [5, 5.41) is 0. The fraction of sp³-hybridized carbons (Fsp3) is 0.852. The SMILES string of the molecule is C=CCOC1CCC(C2(C3CCC(OCC=C)CC3)CC(C)CC(C)(C)C2)CC1. The smallest absolute Gasteiger partial charge is 0.0648 e. The first kappa shape index (κ1) is 23.1. The molecule has 1 unspecified atom stereocenters. The molecule has 166 valence electrons. The van der Waals surface area contributed by atoms with Crippen molar-refractivity contribution >= 4 is 0 Å². The quantitative estimate of drug-likeness (QED) is 0.395. The molecule has 2 heteroatoms. The van der Waals surface area contributed by atoms with E-state index in [0.717, 1.165) is 17.8 Å². The standard InChI is InChI=1S/C27H46O2/c1-6-16-28-24-12-8-22(9-13-24)27(19-21(3)18-26(4,5)20-27)23-10-14-25(15-11-23)29-17-7-2/h6-7,21-25H,1-2,8-20H2,3-5H3. The first-order valence-corrected chi connectivity index (χ1v) is 12.3. The van der Waals surface area contributed by atoms with E-state index in [-0.39, 0.29) is 0 Å². The molecule has 3 saturated carbocycles. The van der Waals surface area contributed by atoms with Crippen LogP contribution < -0.4 is 0 Å². The Labute approximate surface area is 180 Å². The van der Waals surface area contributed by atoms with Crippen LogP contribution in [0.2, 0.25) is 0 Å². The van der Waals surface area contributed by atoms with E-state index in [4.69, 9.17) is 9.47 Å². The highest BCUT2D eigenvalue weighted by molar-refractivity contribution is 5.02. The van der Waals surface area contributed by atoms with E-state index < -0.39 is 0 Å². The highest BCUT2D eigenvalue weighted by atomic mass is 16.5. The molecule has 0 N–H and O–H groups in total. The second kappa shape index (κ2) is 10.1. The molecule has 0 aromatic rings. The lowest BCUT2D eigenvalue weighted by molar-refractivity contribution is -0.0962. The lowest BCUT2D eigenvalue weighted by Crippen LogP contribution is -2.49. The van der Waals surface area contributed by atoms with Gasteiger partial charge in [-0.05, 0) is 99.2 Å². The van der Waals surface area contributed by atoms with E-state index >= 15 is 0 Å². The summed E-state index contributed by atoms with van der Waals surface area (Å²) in [4.78, 5) is 0. The normalized spacial score (nSPS) is 40.3. The first-order valence-electron chi connectivity index (χ1n) is 12.3. The van der Waals surface area contributed by atoms with Gasteiger partial charge < -0.3 is 9.47 Å². The van der Waals surface area contributed by atoms with Crippen molar-refractivity contribution in [1.82, 2.24) is 0 Å². The van der Waals surface area contributed by atoms with E-state index in [9.17, 15) is 0 Å². The molecule has 2 nitrogen and oxygen atoms in total. The third-order valence-corrected chi connectivity index (χ3v) is 8.31. The highest BCUT2D eigenvalue weighted by Gasteiger charge is 2.52. The van der Waals surface area contributed by atoms with E-state index in [0.29, 0.717) is 36.3 Å². The molecule has 3 fully saturated rings. The van der Waals surface area contributed by atoms with Gasteiger partial charge in [0.2, 0.25) is 0 Å². The summed E-state index contributed by atoms with van der Waals surface area (Å²) < 4.78 is 12.0. The van der Waals surface area contributed by atoms with Crippen molar-refractivity contribution in [2.45, 2.75) is 104 Å². The summed E-state index contributed by atoms with van der Waals surface area (Å²) in [5.41, 5.74) is 1.01. The Hall–Kier alpha value is -0.600. The summed E-state index contributed by atoms with van der Waals surface area (Å²) >= 11 is 0. The maximum atomic E-state index is 6.02. The van der Waals surface area contributed by atoms with Crippen LogP contribution in [0, 0.1) is 28.6 Å². The zero-order valence-electron chi connectivity index (χ0n) is 19.5. The maximum Gasteiger partial charge on any atom is 0.0648 e. The minimum atomic E-state index is 0.457. The summed E-state index contributed by atoms with van der Waals surface area (Å²) in [6.45, 7) is 16.6. The Morgan fingerprint density at radius 2 is 1.21 bits per heavy atom. The monoisotopic (exact) mass is 402 g/mol. The van der Waals surface area contributed by atoms with Gasteiger partial charge in [0.15, 0.2) is 0 Å². The molecule has 0 radical (unpaired) electrons. The van der Waals surface area contributed by atoms with Gasteiger partial charge in [0.25, 0.3) is 0 Å². The zero-order chi connectivity index (χ0) is 20.9. The Morgan fingerprint density at radius 3 is 1.59 bits per heavy atom. The second-order valence-corrected chi connectivity index (χ2v) is 11.3. The molecule has 0 aliphatic heterocycles. The van der Waals surface area contributed by atoms with Gasteiger partial charge in [-0.2, -0.15) is 0 Å². The number of ether oxygens (including phenoxy) is 2. The topological polar surface area (TPSA) is 18.5 Å². The van der Waals surface area contributed by atoms with Gasteiger partial charge in [-0.1, -0.05) is 32.9 Å². The van der Waals surface area contributed by atoms with Gasteiger partial charge in [-0.3, -0.25) is 0 Å². The third-order valence-electron chi connectivity index (χ3n) is 8.31. The molecule has 29 heavy (non-hydrogen) atoms. The predicted octanol–water partition coefficient (Wildman–Crippen LogP) is 7.34. The van der Waals surface area contributed by atoms with E-state index in [1.54, 1.807) is 0 Å². The molecule has 3 aliphatic carbocycles. The minimum Gasteiger partial charge on any atom is -0.374 e. The van der Waals surface area contributed by atoms with Crippen molar-refractivity contribution in [1.29, 1.82) is 0 Å². The van der Waals surface area contributed by atoms with Crippen LogP contribution in [-0.4, -0.2) is 25.4 Å². The molecule has 3 rings (SSSR count). The maximum absolute atomic E-state index is 6.02. The molecular formula is C27H46O2. The summed E-state index contributed by atoms with van der Waals surface area (Å²) in [7, 11) is 0. The van der Waals surface area contributed by atoms with Crippen LogP contribution in [0.3, 0.4) is 0 Å². The van der Waals surface area contributed by atoms with Gasteiger partial charge in [0.05, 0.1) is 25.4 Å². The van der Waals surface area contributed by atoms with Gasteiger partial charge in [-0.15, -0.1) is 13.2 Å². The molecule has 0 bridgehead atoms. The molecule has 0 spiro atoms. The van der Waals surface area contributed by atoms with Crippen molar-refractivity contribution < 1.29 is 9.47 Å². The van der Waals surface area contributed by atoms with Crippen molar-refractivity contribution in [3.63, 3.8) is 0 Å². The zero-order valence-corrected chi connectivity index (χ0v) is 19.5. The first-order chi connectivity index (χ1) is 13.9. The fourth-order valence-electron chi connectivity index (χ4n) is 7.67. The number of hydrogen-bond donors (Lipinski definition) is 0. The summed E-state index contributed by atoms with van der Waals surface area (Å²) in [6, 6.07) is 0. The van der Waals surface area contributed by atoms with E-state index in [1.165, 1.54) is 70.6 Å². The Kier molecular flexibility index (Phi) is 8.07. The van der Waals surface area contributed by atoms with Gasteiger partial charge in [0.1, 0.15) is 0 Å². The van der Waals surface area contributed by atoms with Crippen LogP contribution in [0.4, 0.5) is 0 Å². The second-order valence-electron chi connectivity index (χ2n) is 11.3. The van der Waals surface area contributed by atoms with Crippen LogP contribution in [0.1, 0.15) is 91.4 Å². The van der Waals surface area contributed by atoms with Crippen LogP contribution in [0.25, 0.3) is 0 Å². The molecule has 0 saturated heterocycles. The highest BCUT2D eigenvalue weighted by Crippen LogP contribution is 2.61. The van der Waals surface area contributed by atoms with Crippen LogP contribution in [-0.2, 0) is 9.47 Å². The Bertz CT molecular complexity index is 489. The minimum absolute atomic E-state index is 0.457. The molecule has 0 aromatic carbocycles. The average molecular weight is 403 g/mol. The third kappa shape index (κ3) is 5.76. The lowest BCUT2D eigenvalue weighted by atomic mass is 9.48. The van der Waals surface area contributed by atoms with Gasteiger partial charge >= 0.3 is 0 Å². The molecule has 1 atom stereocenters. The van der Waals surface area contributed by atoms with Gasteiger partial charge in [-0.25, -0.2) is 0 Å². The lowest BCUT2D eigenvalue weighted by Gasteiger charge is -2.58. The van der Waals surface area contributed by atoms with Crippen LogP contribution in [0.5, 0.6) is 0 Å². The van der Waals surface area contributed by atoms with Crippen molar-refractivity contribution in [3.05, 3.63) is 25.3 Å². The Balaban J connectivity index is 1.72. The summed E-state index contributed by atoms with van der Waals surface area (Å²) in [6.07, 6.45) is 19.4. The largest absolute Gasteiger partial charge is 0.374 e. The van der Waals surface area contributed by atoms with Crippen molar-refractivity contribution in [2.75, 3.05) is 13.2 Å².